The highest BCUT2D eigenvalue weighted by Crippen LogP contribution is 2.40. The fraction of sp³-hybridized carbons (Fsp3) is 0.250. The van der Waals surface area contributed by atoms with E-state index < -0.39 is 24.1 Å². The number of carbonyl (C=O) groups is 1. The number of hydrogen-bond donors (Lipinski definition) is 3. The van der Waals surface area contributed by atoms with Gasteiger partial charge in [0.05, 0.1) is 19.3 Å². The molecule has 0 saturated carbocycles. The van der Waals surface area contributed by atoms with Crippen LogP contribution in [0.1, 0.15) is 29.3 Å². The van der Waals surface area contributed by atoms with Crippen LogP contribution in [0.2, 0.25) is 5.02 Å². The summed E-state index contributed by atoms with van der Waals surface area (Å²) < 4.78 is 24.6. The molecule has 9 heteroatoms. The van der Waals surface area contributed by atoms with Crippen LogP contribution in [0.3, 0.4) is 0 Å². The standard InChI is InChI=1S/C28H26ClFN2O5/c29-18-3-10-25-24(15-18)23-11-13-32(28(35)37-22-8-4-19(30)5-9-22)27(26(23)31-25)17-1-6-21(7-2-17)36-14-12-20(34)16-33/h1-10,15,20,27,31,33-34H,11-14,16H2. The van der Waals surface area contributed by atoms with Crippen LogP contribution in [0.15, 0.2) is 66.7 Å². The lowest BCUT2D eigenvalue weighted by Crippen LogP contribution is -2.42. The summed E-state index contributed by atoms with van der Waals surface area (Å²) in [5, 5.41) is 20.1. The van der Waals surface area contributed by atoms with Crippen molar-refractivity contribution in [3.8, 4) is 11.5 Å². The van der Waals surface area contributed by atoms with Gasteiger partial charge in [0, 0.05) is 34.6 Å². The fourth-order valence-corrected chi connectivity index (χ4v) is 4.79. The van der Waals surface area contributed by atoms with Gasteiger partial charge in [0.2, 0.25) is 0 Å². The summed E-state index contributed by atoms with van der Waals surface area (Å²) in [5.74, 6) is 0.451. The maximum absolute atomic E-state index is 13.3. The van der Waals surface area contributed by atoms with Crippen molar-refractivity contribution in [2.24, 2.45) is 0 Å². The quantitative estimate of drug-likeness (QED) is 0.308. The van der Waals surface area contributed by atoms with Gasteiger partial charge in [-0.3, -0.25) is 4.90 Å². The van der Waals surface area contributed by atoms with Gasteiger partial charge in [-0.05, 0) is 72.1 Å². The zero-order valence-corrected chi connectivity index (χ0v) is 20.6. The van der Waals surface area contributed by atoms with E-state index in [0.29, 0.717) is 30.2 Å². The van der Waals surface area contributed by atoms with Crippen molar-refractivity contribution in [3.63, 3.8) is 0 Å². The van der Waals surface area contributed by atoms with Crippen LogP contribution < -0.4 is 9.47 Å². The Morgan fingerprint density at radius 2 is 1.84 bits per heavy atom. The largest absolute Gasteiger partial charge is 0.493 e. The summed E-state index contributed by atoms with van der Waals surface area (Å²) in [6, 6.07) is 17.9. The lowest BCUT2D eigenvalue weighted by molar-refractivity contribution is 0.0754. The lowest BCUT2D eigenvalue weighted by atomic mass is 9.92. The minimum absolute atomic E-state index is 0.257. The number of aliphatic hydroxyl groups is 2. The number of amides is 1. The topological polar surface area (TPSA) is 95.0 Å². The van der Waals surface area contributed by atoms with E-state index in [9.17, 15) is 14.3 Å². The van der Waals surface area contributed by atoms with E-state index in [1.54, 1.807) is 17.0 Å². The van der Waals surface area contributed by atoms with Crippen LogP contribution >= 0.6 is 11.6 Å². The molecule has 1 amide bonds. The number of aromatic nitrogens is 1. The zero-order valence-electron chi connectivity index (χ0n) is 19.9. The van der Waals surface area contributed by atoms with E-state index in [-0.39, 0.29) is 19.0 Å². The van der Waals surface area contributed by atoms with Crippen molar-refractivity contribution < 1.29 is 28.9 Å². The minimum atomic E-state index is -0.823. The molecule has 2 heterocycles. The second-order valence-corrected chi connectivity index (χ2v) is 9.35. The molecule has 1 aromatic heterocycles. The van der Waals surface area contributed by atoms with Gasteiger partial charge in [-0.2, -0.15) is 0 Å². The van der Waals surface area contributed by atoms with Gasteiger partial charge in [-0.25, -0.2) is 9.18 Å². The molecule has 3 N–H and O–H groups in total. The number of aliphatic hydroxyl groups excluding tert-OH is 2. The number of halogens is 2. The van der Waals surface area contributed by atoms with Crippen LogP contribution in [0.4, 0.5) is 9.18 Å². The molecule has 1 aliphatic heterocycles. The van der Waals surface area contributed by atoms with E-state index >= 15 is 0 Å². The molecule has 192 valence electrons. The molecule has 1 aliphatic rings. The van der Waals surface area contributed by atoms with Gasteiger partial charge >= 0.3 is 6.09 Å². The average molecular weight is 525 g/mol. The lowest BCUT2D eigenvalue weighted by Gasteiger charge is -2.35. The summed E-state index contributed by atoms with van der Waals surface area (Å²) in [5.41, 5.74) is 3.74. The van der Waals surface area contributed by atoms with Crippen molar-refractivity contribution in [3.05, 3.63) is 94.4 Å². The number of rotatable bonds is 7. The van der Waals surface area contributed by atoms with Crippen molar-refractivity contribution in [2.45, 2.75) is 25.0 Å². The monoisotopic (exact) mass is 524 g/mol. The van der Waals surface area contributed by atoms with Gasteiger partial charge < -0.3 is 24.7 Å². The maximum Gasteiger partial charge on any atom is 0.416 e. The van der Waals surface area contributed by atoms with Crippen LogP contribution in [0.5, 0.6) is 11.5 Å². The number of carbonyl (C=O) groups excluding carboxylic acids is 1. The molecule has 0 saturated heterocycles. The highest BCUT2D eigenvalue weighted by Gasteiger charge is 2.35. The Kier molecular flexibility index (Phi) is 7.32. The Hall–Kier alpha value is -3.59. The Morgan fingerprint density at radius 1 is 1.11 bits per heavy atom. The molecular weight excluding hydrogens is 499 g/mol. The van der Waals surface area contributed by atoms with E-state index in [1.807, 2.05) is 30.3 Å². The molecule has 7 nitrogen and oxygen atoms in total. The SMILES string of the molecule is O=C(Oc1ccc(F)cc1)N1CCc2c([nH]c3ccc(Cl)cc23)C1c1ccc(OCCC(O)CO)cc1. The average Bonchev–Trinajstić information content (AvgIpc) is 3.27. The smallest absolute Gasteiger partial charge is 0.416 e. The Morgan fingerprint density at radius 3 is 2.57 bits per heavy atom. The molecular formula is C28H26ClFN2O5. The summed E-state index contributed by atoms with van der Waals surface area (Å²) in [7, 11) is 0. The molecule has 0 spiro atoms. The first kappa shape index (κ1) is 25.1. The molecule has 2 unspecified atom stereocenters. The van der Waals surface area contributed by atoms with Crippen LogP contribution in [-0.4, -0.2) is 52.1 Å². The highest BCUT2D eigenvalue weighted by molar-refractivity contribution is 6.31. The van der Waals surface area contributed by atoms with Crippen molar-refractivity contribution >= 4 is 28.6 Å². The second-order valence-electron chi connectivity index (χ2n) is 8.92. The third-order valence-electron chi connectivity index (χ3n) is 6.47. The third kappa shape index (κ3) is 5.41. The number of nitrogens with zero attached hydrogens (tertiary/aromatic N) is 1. The van der Waals surface area contributed by atoms with Crippen LogP contribution in [0, 0.1) is 5.82 Å². The molecule has 0 fully saturated rings. The summed E-state index contributed by atoms with van der Waals surface area (Å²) in [4.78, 5) is 18.4. The third-order valence-corrected chi connectivity index (χ3v) is 6.70. The number of nitrogens with one attached hydrogen (secondary N) is 1. The Balaban J connectivity index is 1.46. The first-order chi connectivity index (χ1) is 17.9. The molecule has 0 bridgehead atoms. The predicted molar refractivity (Wildman–Crippen MR) is 138 cm³/mol. The first-order valence-corrected chi connectivity index (χ1v) is 12.4. The van der Waals surface area contributed by atoms with Crippen molar-refractivity contribution in [1.29, 1.82) is 0 Å². The van der Waals surface area contributed by atoms with E-state index in [2.05, 4.69) is 4.98 Å². The Bertz CT molecular complexity index is 1390. The van der Waals surface area contributed by atoms with Gasteiger partial charge in [0.15, 0.2) is 0 Å². The number of ether oxygens (including phenoxy) is 2. The second kappa shape index (κ2) is 10.8. The summed E-state index contributed by atoms with van der Waals surface area (Å²) >= 11 is 6.27. The molecule has 0 radical (unpaired) electrons. The van der Waals surface area contributed by atoms with E-state index in [1.165, 1.54) is 24.3 Å². The van der Waals surface area contributed by atoms with Gasteiger partial charge in [-0.15, -0.1) is 0 Å². The molecule has 4 aromatic rings. The number of H-pyrrole nitrogens is 1. The summed E-state index contributed by atoms with van der Waals surface area (Å²) in [6.45, 7) is 0.355. The number of hydrogen-bond acceptors (Lipinski definition) is 5. The normalized spacial score (nSPS) is 15.9. The first-order valence-electron chi connectivity index (χ1n) is 12.0. The van der Waals surface area contributed by atoms with Crippen LogP contribution in [-0.2, 0) is 6.42 Å². The number of aromatic amines is 1. The van der Waals surface area contributed by atoms with E-state index in [0.717, 1.165) is 27.7 Å². The number of benzene rings is 3. The van der Waals surface area contributed by atoms with Gasteiger partial charge in [-0.1, -0.05) is 23.7 Å². The molecule has 0 aliphatic carbocycles. The van der Waals surface area contributed by atoms with Gasteiger partial charge in [0.1, 0.15) is 23.4 Å². The molecule has 5 rings (SSSR count). The minimum Gasteiger partial charge on any atom is -0.493 e. The fourth-order valence-electron chi connectivity index (χ4n) is 4.62. The molecule has 3 aromatic carbocycles. The predicted octanol–water partition coefficient (Wildman–Crippen LogP) is 5.23. The Labute approximate surface area is 218 Å². The number of fused-ring (bicyclic) bond motifs is 3. The van der Waals surface area contributed by atoms with Crippen LogP contribution in [0.25, 0.3) is 10.9 Å². The van der Waals surface area contributed by atoms with E-state index in [4.69, 9.17) is 26.2 Å². The maximum atomic E-state index is 13.3. The highest BCUT2D eigenvalue weighted by atomic mass is 35.5. The van der Waals surface area contributed by atoms with Gasteiger partial charge in [0.25, 0.3) is 0 Å². The molecule has 2 atom stereocenters. The molecule has 37 heavy (non-hydrogen) atoms. The zero-order chi connectivity index (χ0) is 25.9. The van der Waals surface area contributed by atoms with Crippen molar-refractivity contribution in [2.75, 3.05) is 19.8 Å². The summed E-state index contributed by atoms with van der Waals surface area (Å²) in [6.07, 6.45) is -0.447. The van der Waals surface area contributed by atoms with Crippen molar-refractivity contribution in [1.82, 2.24) is 9.88 Å².